The van der Waals surface area contributed by atoms with Gasteiger partial charge < -0.3 is 10.7 Å². The zero-order valence-electron chi connectivity index (χ0n) is 8.44. The zero-order chi connectivity index (χ0) is 11.1. The number of rotatable bonds is 7. The molecule has 0 radical (unpaired) electrons. The molecule has 0 aliphatic rings. The minimum Gasteiger partial charge on any atom is -0.349 e. The van der Waals surface area contributed by atoms with Crippen LogP contribution in [0.5, 0.6) is 0 Å². The second kappa shape index (κ2) is 5.84. The molecule has 0 amide bonds. The largest absolute Gasteiger partial charge is 0.349 e. The number of nitrogens with two attached hydrogens (primary N) is 1. The Bertz CT molecular complexity index is 360. The molecule has 1 heterocycles. The van der Waals surface area contributed by atoms with Crippen molar-refractivity contribution in [2.75, 3.05) is 18.8 Å². The van der Waals surface area contributed by atoms with E-state index in [0.717, 1.165) is 18.7 Å². The number of H-pyrrole nitrogens is 1. The van der Waals surface area contributed by atoms with E-state index in [1.54, 1.807) is 12.4 Å². The van der Waals surface area contributed by atoms with Crippen LogP contribution in [0.15, 0.2) is 12.4 Å². The molecule has 0 aliphatic carbocycles. The van der Waals surface area contributed by atoms with Gasteiger partial charge in [0.1, 0.15) is 5.82 Å². The highest BCUT2D eigenvalue weighted by Gasteiger charge is 2.07. The summed E-state index contributed by atoms with van der Waals surface area (Å²) in [5, 5.41) is 0. The van der Waals surface area contributed by atoms with Crippen molar-refractivity contribution in [3.05, 3.63) is 18.2 Å². The second-order valence-corrected chi connectivity index (χ2v) is 5.07. The van der Waals surface area contributed by atoms with Gasteiger partial charge in [0, 0.05) is 31.9 Å². The Balaban J connectivity index is 2.17. The smallest absolute Gasteiger partial charge is 0.212 e. The van der Waals surface area contributed by atoms with Crippen molar-refractivity contribution < 1.29 is 8.42 Å². The van der Waals surface area contributed by atoms with E-state index in [1.165, 1.54) is 0 Å². The van der Waals surface area contributed by atoms with Crippen LogP contribution in [-0.4, -0.2) is 37.2 Å². The average Bonchev–Trinajstić information content (AvgIpc) is 2.65. The van der Waals surface area contributed by atoms with Crippen LogP contribution >= 0.6 is 0 Å². The summed E-state index contributed by atoms with van der Waals surface area (Å²) in [6.07, 6.45) is 4.87. The normalized spacial score (nSPS) is 11.8. The second-order valence-electron chi connectivity index (χ2n) is 3.14. The summed E-state index contributed by atoms with van der Waals surface area (Å²) in [5.41, 5.74) is 5.16. The van der Waals surface area contributed by atoms with Crippen LogP contribution < -0.4 is 10.5 Å². The molecule has 0 atom stereocenters. The fourth-order valence-electron chi connectivity index (χ4n) is 1.15. The van der Waals surface area contributed by atoms with Crippen LogP contribution in [0.4, 0.5) is 0 Å². The number of nitrogens with one attached hydrogen (secondary N) is 2. The van der Waals surface area contributed by atoms with Gasteiger partial charge in [0.05, 0.1) is 5.75 Å². The van der Waals surface area contributed by atoms with Gasteiger partial charge in [-0.1, -0.05) is 0 Å². The molecule has 1 aromatic heterocycles. The van der Waals surface area contributed by atoms with E-state index in [1.807, 2.05) is 0 Å². The van der Waals surface area contributed by atoms with E-state index >= 15 is 0 Å². The molecule has 0 unspecified atom stereocenters. The maximum absolute atomic E-state index is 11.2. The van der Waals surface area contributed by atoms with Gasteiger partial charge in [-0.25, -0.2) is 18.1 Å². The van der Waals surface area contributed by atoms with E-state index in [0.29, 0.717) is 6.54 Å². The first-order valence-electron chi connectivity index (χ1n) is 4.80. The Labute approximate surface area is 89.3 Å². The topological polar surface area (TPSA) is 101 Å². The fraction of sp³-hybridized carbons (Fsp3) is 0.625. The predicted octanol–water partition coefficient (Wildman–Crippen LogP) is -0.780. The Hall–Kier alpha value is -0.920. The Kier molecular flexibility index (Phi) is 4.73. The first-order valence-corrected chi connectivity index (χ1v) is 6.45. The standard InChI is InChI=1S/C8H16N4O2S/c9-3-7-15(13,14)12-4-1-2-8-10-5-6-11-8/h5-6,12H,1-4,7,9H2,(H,10,11). The van der Waals surface area contributed by atoms with Gasteiger partial charge in [0.2, 0.25) is 10.0 Å². The highest BCUT2D eigenvalue weighted by atomic mass is 32.2. The predicted molar refractivity (Wildman–Crippen MR) is 57.8 cm³/mol. The number of sulfonamides is 1. The van der Waals surface area contributed by atoms with Gasteiger partial charge in [-0.2, -0.15) is 0 Å². The van der Waals surface area contributed by atoms with Crippen molar-refractivity contribution in [3.8, 4) is 0 Å². The van der Waals surface area contributed by atoms with Gasteiger partial charge >= 0.3 is 0 Å². The van der Waals surface area contributed by atoms with Crippen molar-refractivity contribution in [1.29, 1.82) is 0 Å². The van der Waals surface area contributed by atoms with Crippen molar-refractivity contribution >= 4 is 10.0 Å². The molecule has 0 saturated heterocycles. The minimum absolute atomic E-state index is 0.0201. The van der Waals surface area contributed by atoms with E-state index in [9.17, 15) is 8.42 Å². The molecule has 86 valence electrons. The van der Waals surface area contributed by atoms with Crippen molar-refractivity contribution in [2.24, 2.45) is 5.73 Å². The van der Waals surface area contributed by atoms with Crippen LogP contribution in [0.2, 0.25) is 0 Å². The van der Waals surface area contributed by atoms with Crippen molar-refractivity contribution in [1.82, 2.24) is 14.7 Å². The molecule has 1 aromatic rings. The summed E-state index contributed by atoms with van der Waals surface area (Å²) in [7, 11) is -3.18. The fourth-order valence-corrected chi connectivity index (χ4v) is 2.06. The minimum atomic E-state index is -3.18. The SMILES string of the molecule is NCCS(=O)(=O)NCCCc1ncc[nH]1. The molecule has 0 aliphatic heterocycles. The Morgan fingerprint density at radius 1 is 1.53 bits per heavy atom. The van der Waals surface area contributed by atoms with Crippen LogP contribution in [0, 0.1) is 0 Å². The van der Waals surface area contributed by atoms with Gasteiger partial charge in [0.15, 0.2) is 0 Å². The van der Waals surface area contributed by atoms with Gasteiger partial charge in [-0.05, 0) is 6.42 Å². The molecule has 0 bridgehead atoms. The van der Waals surface area contributed by atoms with Gasteiger partial charge in [-0.3, -0.25) is 0 Å². The summed E-state index contributed by atoms with van der Waals surface area (Å²) >= 11 is 0. The molecule has 7 heteroatoms. The first kappa shape index (κ1) is 12.2. The lowest BCUT2D eigenvalue weighted by Crippen LogP contribution is -2.30. The lowest BCUT2D eigenvalue weighted by Gasteiger charge is -2.04. The molecule has 1 rings (SSSR count). The highest BCUT2D eigenvalue weighted by molar-refractivity contribution is 7.89. The summed E-state index contributed by atoms with van der Waals surface area (Å²) in [5.74, 6) is 0.848. The monoisotopic (exact) mass is 232 g/mol. The molecular formula is C8H16N4O2S. The summed E-state index contributed by atoms with van der Waals surface area (Å²) in [4.78, 5) is 6.99. The first-order chi connectivity index (χ1) is 7.14. The number of hydrogen-bond donors (Lipinski definition) is 3. The van der Waals surface area contributed by atoms with E-state index in [-0.39, 0.29) is 12.3 Å². The van der Waals surface area contributed by atoms with Gasteiger partial charge in [0.25, 0.3) is 0 Å². The maximum atomic E-state index is 11.2. The quantitative estimate of drug-likeness (QED) is 0.537. The van der Waals surface area contributed by atoms with E-state index in [2.05, 4.69) is 14.7 Å². The number of imidazole rings is 1. The molecular weight excluding hydrogens is 216 g/mol. The molecule has 0 aromatic carbocycles. The summed E-state index contributed by atoms with van der Waals surface area (Å²) in [6, 6.07) is 0. The third-order valence-electron chi connectivity index (χ3n) is 1.85. The summed E-state index contributed by atoms with van der Waals surface area (Å²) < 4.78 is 24.8. The van der Waals surface area contributed by atoms with Crippen molar-refractivity contribution in [3.63, 3.8) is 0 Å². The Morgan fingerprint density at radius 2 is 2.33 bits per heavy atom. The molecule has 0 spiro atoms. The van der Waals surface area contributed by atoms with Crippen LogP contribution in [-0.2, 0) is 16.4 Å². The van der Waals surface area contributed by atoms with Crippen LogP contribution in [0.1, 0.15) is 12.2 Å². The lowest BCUT2D eigenvalue weighted by atomic mass is 10.3. The average molecular weight is 232 g/mol. The summed E-state index contributed by atoms with van der Waals surface area (Å²) in [6.45, 7) is 0.566. The van der Waals surface area contributed by atoms with E-state index in [4.69, 9.17) is 5.73 Å². The Morgan fingerprint density at radius 3 is 2.93 bits per heavy atom. The lowest BCUT2D eigenvalue weighted by molar-refractivity contribution is 0.578. The zero-order valence-corrected chi connectivity index (χ0v) is 9.26. The number of aromatic nitrogens is 2. The van der Waals surface area contributed by atoms with Crippen molar-refractivity contribution in [2.45, 2.75) is 12.8 Å². The number of aryl methyl sites for hydroxylation is 1. The number of aromatic amines is 1. The molecule has 6 nitrogen and oxygen atoms in total. The van der Waals surface area contributed by atoms with E-state index < -0.39 is 10.0 Å². The highest BCUT2D eigenvalue weighted by Crippen LogP contribution is 1.94. The number of hydrogen-bond acceptors (Lipinski definition) is 4. The maximum Gasteiger partial charge on any atom is 0.212 e. The third kappa shape index (κ3) is 4.91. The molecule has 15 heavy (non-hydrogen) atoms. The van der Waals surface area contributed by atoms with Crippen LogP contribution in [0.3, 0.4) is 0 Å². The van der Waals surface area contributed by atoms with Gasteiger partial charge in [-0.15, -0.1) is 0 Å². The van der Waals surface area contributed by atoms with Crippen LogP contribution in [0.25, 0.3) is 0 Å². The molecule has 4 N–H and O–H groups in total. The molecule has 0 saturated carbocycles. The number of nitrogens with zero attached hydrogens (tertiary/aromatic N) is 1. The third-order valence-corrected chi connectivity index (χ3v) is 3.27. The molecule has 0 fully saturated rings.